The Hall–Kier alpha value is -1.78. The van der Waals surface area contributed by atoms with Gasteiger partial charge in [0.05, 0.1) is 13.7 Å². The summed E-state index contributed by atoms with van der Waals surface area (Å²) >= 11 is 0. The minimum absolute atomic E-state index is 0.246. The van der Waals surface area contributed by atoms with Crippen molar-refractivity contribution in [3.05, 3.63) is 29.6 Å². The van der Waals surface area contributed by atoms with E-state index in [-0.39, 0.29) is 11.6 Å². The lowest BCUT2D eigenvalue weighted by atomic mass is 10.0. The third-order valence-electron chi connectivity index (χ3n) is 3.62. The summed E-state index contributed by atoms with van der Waals surface area (Å²) in [5.74, 6) is 1.07. The maximum absolute atomic E-state index is 13.6. The number of piperidine rings is 1. The number of methoxy groups -OCH3 is 1. The van der Waals surface area contributed by atoms with E-state index in [9.17, 15) is 4.39 Å². The standard InChI is InChI=1S/C15H22FN3O/c1-11-4-3-7-19(10-11)15(17)18-9-12-5-6-14(20-2)13(16)8-12/h5-6,8,11H,3-4,7,9-10H2,1-2H3,(H2,17,18). The lowest BCUT2D eigenvalue weighted by Gasteiger charge is -2.31. The van der Waals surface area contributed by atoms with Gasteiger partial charge < -0.3 is 15.4 Å². The van der Waals surface area contributed by atoms with E-state index in [0.717, 1.165) is 25.1 Å². The Morgan fingerprint density at radius 2 is 2.35 bits per heavy atom. The summed E-state index contributed by atoms with van der Waals surface area (Å²) in [7, 11) is 1.45. The molecule has 0 amide bonds. The Balaban J connectivity index is 1.99. The molecule has 1 aromatic carbocycles. The molecule has 5 heteroatoms. The first kappa shape index (κ1) is 14.6. The Kier molecular flexibility index (Phi) is 4.82. The Labute approximate surface area is 119 Å². The molecule has 20 heavy (non-hydrogen) atoms. The van der Waals surface area contributed by atoms with Crippen molar-refractivity contribution in [3.63, 3.8) is 0 Å². The number of benzene rings is 1. The molecular weight excluding hydrogens is 257 g/mol. The van der Waals surface area contributed by atoms with Crippen LogP contribution in [-0.2, 0) is 6.54 Å². The van der Waals surface area contributed by atoms with Gasteiger partial charge in [0.2, 0.25) is 0 Å². The van der Waals surface area contributed by atoms with Gasteiger partial charge in [-0.1, -0.05) is 13.0 Å². The Bertz CT molecular complexity index is 490. The summed E-state index contributed by atoms with van der Waals surface area (Å²) in [6.45, 7) is 4.51. The molecule has 0 aromatic heterocycles. The van der Waals surface area contributed by atoms with Crippen molar-refractivity contribution in [1.82, 2.24) is 4.90 Å². The molecule has 1 aromatic rings. The van der Waals surface area contributed by atoms with Gasteiger partial charge in [0.25, 0.3) is 0 Å². The van der Waals surface area contributed by atoms with Crippen LogP contribution in [0.2, 0.25) is 0 Å². The number of aliphatic imine (C=N–C) groups is 1. The molecule has 0 spiro atoms. The Morgan fingerprint density at radius 1 is 1.55 bits per heavy atom. The summed E-state index contributed by atoms with van der Waals surface area (Å²) < 4.78 is 18.5. The smallest absolute Gasteiger partial charge is 0.191 e. The largest absolute Gasteiger partial charge is 0.494 e. The fourth-order valence-corrected chi connectivity index (χ4v) is 2.48. The third kappa shape index (κ3) is 3.62. The molecule has 1 fully saturated rings. The number of nitrogens with zero attached hydrogens (tertiary/aromatic N) is 2. The van der Waals surface area contributed by atoms with Crippen molar-refractivity contribution >= 4 is 5.96 Å². The molecule has 1 aliphatic rings. The highest BCUT2D eigenvalue weighted by Crippen LogP contribution is 2.18. The molecule has 1 aliphatic heterocycles. The zero-order valence-electron chi connectivity index (χ0n) is 12.1. The average molecular weight is 279 g/mol. The average Bonchev–Trinajstić information content (AvgIpc) is 2.45. The summed E-state index contributed by atoms with van der Waals surface area (Å²) in [4.78, 5) is 6.47. The molecule has 1 atom stereocenters. The quantitative estimate of drug-likeness (QED) is 0.682. The van der Waals surface area contributed by atoms with E-state index >= 15 is 0 Å². The van der Waals surface area contributed by atoms with Crippen LogP contribution in [0.4, 0.5) is 4.39 Å². The molecule has 0 radical (unpaired) electrons. The van der Waals surface area contributed by atoms with Gasteiger partial charge in [0, 0.05) is 13.1 Å². The predicted molar refractivity (Wildman–Crippen MR) is 78.2 cm³/mol. The van der Waals surface area contributed by atoms with Crippen molar-refractivity contribution in [2.45, 2.75) is 26.3 Å². The van der Waals surface area contributed by atoms with E-state index < -0.39 is 0 Å². The van der Waals surface area contributed by atoms with Gasteiger partial charge in [-0.05, 0) is 36.5 Å². The van der Waals surface area contributed by atoms with Crippen molar-refractivity contribution < 1.29 is 9.13 Å². The molecule has 0 saturated carbocycles. The van der Waals surface area contributed by atoms with Crippen molar-refractivity contribution in [2.24, 2.45) is 16.6 Å². The van der Waals surface area contributed by atoms with Crippen LogP contribution in [0.5, 0.6) is 5.75 Å². The molecule has 2 rings (SSSR count). The van der Waals surface area contributed by atoms with Gasteiger partial charge in [-0.2, -0.15) is 0 Å². The molecule has 2 N–H and O–H groups in total. The molecule has 4 nitrogen and oxygen atoms in total. The van der Waals surface area contributed by atoms with Crippen LogP contribution in [0.15, 0.2) is 23.2 Å². The van der Waals surface area contributed by atoms with E-state index in [1.807, 2.05) is 0 Å². The highest BCUT2D eigenvalue weighted by molar-refractivity contribution is 5.78. The second-order valence-electron chi connectivity index (χ2n) is 5.34. The number of likely N-dealkylation sites (tertiary alicyclic amines) is 1. The molecule has 1 unspecified atom stereocenters. The van der Waals surface area contributed by atoms with E-state index in [4.69, 9.17) is 10.5 Å². The number of rotatable bonds is 3. The van der Waals surface area contributed by atoms with Gasteiger partial charge in [-0.3, -0.25) is 0 Å². The van der Waals surface area contributed by atoms with Gasteiger partial charge in [0.15, 0.2) is 17.5 Å². The second kappa shape index (κ2) is 6.59. The zero-order valence-corrected chi connectivity index (χ0v) is 12.1. The first-order valence-corrected chi connectivity index (χ1v) is 6.97. The number of hydrogen-bond donors (Lipinski definition) is 1. The van der Waals surface area contributed by atoms with Crippen LogP contribution in [0.1, 0.15) is 25.3 Å². The van der Waals surface area contributed by atoms with E-state index in [0.29, 0.717) is 18.4 Å². The molecule has 1 saturated heterocycles. The lowest BCUT2D eigenvalue weighted by Crippen LogP contribution is -2.43. The molecular formula is C15H22FN3O. The van der Waals surface area contributed by atoms with Gasteiger partial charge in [-0.15, -0.1) is 0 Å². The van der Waals surface area contributed by atoms with Crippen LogP contribution in [-0.4, -0.2) is 31.1 Å². The first-order chi connectivity index (χ1) is 9.60. The number of ether oxygens (including phenoxy) is 1. The van der Waals surface area contributed by atoms with Crippen LogP contribution in [0.3, 0.4) is 0 Å². The SMILES string of the molecule is COc1ccc(CN=C(N)N2CCCC(C)C2)cc1F. The van der Waals surface area contributed by atoms with Crippen molar-refractivity contribution in [2.75, 3.05) is 20.2 Å². The zero-order chi connectivity index (χ0) is 14.5. The van der Waals surface area contributed by atoms with Gasteiger partial charge >= 0.3 is 0 Å². The summed E-state index contributed by atoms with van der Waals surface area (Å²) in [5, 5.41) is 0. The molecule has 110 valence electrons. The third-order valence-corrected chi connectivity index (χ3v) is 3.62. The topological polar surface area (TPSA) is 50.9 Å². The highest BCUT2D eigenvalue weighted by Gasteiger charge is 2.17. The summed E-state index contributed by atoms with van der Waals surface area (Å²) in [6.07, 6.45) is 2.39. The van der Waals surface area contributed by atoms with Crippen LogP contribution in [0.25, 0.3) is 0 Å². The minimum Gasteiger partial charge on any atom is -0.494 e. The number of hydrogen-bond acceptors (Lipinski definition) is 2. The number of halogens is 1. The van der Waals surface area contributed by atoms with Crippen molar-refractivity contribution in [1.29, 1.82) is 0 Å². The van der Waals surface area contributed by atoms with Crippen LogP contribution >= 0.6 is 0 Å². The van der Waals surface area contributed by atoms with E-state index in [1.54, 1.807) is 12.1 Å². The monoisotopic (exact) mass is 279 g/mol. The first-order valence-electron chi connectivity index (χ1n) is 6.97. The number of guanidine groups is 1. The summed E-state index contributed by atoms with van der Waals surface area (Å²) in [6, 6.07) is 4.85. The van der Waals surface area contributed by atoms with E-state index in [1.165, 1.54) is 19.6 Å². The van der Waals surface area contributed by atoms with Gasteiger partial charge in [-0.25, -0.2) is 9.38 Å². The fraction of sp³-hybridized carbons (Fsp3) is 0.533. The second-order valence-corrected chi connectivity index (χ2v) is 5.34. The normalized spacial score (nSPS) is 20.1. The highest BCUT2D eigenvalue weighted by atomic mass is 19.1. The summed E-state index contributed by atoms with van der Waals surface area (Å²) in [5.41, 5.74) is 6.80. The van der Waals surface area contributed by atoms with E-state index in [2.05, 4.69) is 16.8 Å². The predicted octanol–water partition coefficient (Wildman–Crippen LogP) is 2.38. The maximum atomic E-state index is 13.6. The molecule has 0 bridgehead atoms. The maximum Gasteiger partial charge on any atom is 0.191 e. The fourth-order valence-electron chi connectivity index (χ4n) is 2.48. The lowest BCUT2D eigenvalue weighted by molar-refractivity contribution is 0.270. The van der Waals surface area contributed by atoms with Crippen LogP contribution < -0.4 is 10.5 Å². The Morgan fingerprint density at radius 3 is 3.00 bits per heavy atom. The van der Waals surface area contributed by atoms with Crippen molar-refractivity contribution in [3.8, 4) is 5.75 Å². The molecule has 0 aliphatic carbocycles. The van der Waals surface area contributed by atoms with Crippen LogP contribution in [0, 0.1) is 11.7 Å². The minimum atomic E-state index is -0.370. The van der Waals surface area contributed by atoms with Gasteiger partial charge in [0.1, 0.15) is 0 Å². The molecule has 1 heterocycles. The number of nitrogens with two attached hydrogens (primary N) is 1.